The molecule has 0 aromatic carbocycles. The summed E-state index contributed by atoms with van der Waals surface area (Å²) >= 11 is 7.04. The molecule has 0 saturated heterocycles. The fraction of sp³-hybridized carbons (Fsp3) is 0.417. The molecule has 0 saturated carbocycles. The molecule has 0 radical (unpaired) electrons. The van der Waals surface area contributed by atoms with E-state index in [1.807, 2.05) is 11.6 Å². The maximum Gasteiger partial charge on any atom is 0.115 e. The van der Waals surface area contributed by atoms with Crippen LogP contribution in [-0.2, 0) is 4.74 Å². The Morgan fingerprint density at radius 2 is 2.39 bits per heavy atom. The van der Waals surface area contributed by atoms with Crippen LogP contribution in [-0.4, -0.2) is 25.2 Å². The Morgan fingerprint density at radius 1 is 1.56 bits per heavy atom. The van der Waals surface area contributed by atoms with E-state index in [0.29, 0.717) is 6.61 Å². The molecule has 18 heavy (non-hydrogen) atoms. The van der Waals surface area contributed by atoms with Crippen molar-refractivity contribution in [1.82, 2.24) is 10.3 Å². The zero-order valence-electron chi connectivity index (χ0n) is 10.3. The summed E-state index contributed by atoms with van der Waals surface area (Å²) in [5.41, 5.74) is 0. The third kappa shape index (κ3) is 3.39. The second kappa shape index (κ2) is 6.77. The normalized spacial score (nSPS) is 12.8. The third-order valence-electron chi connectivity index (χ3n) is 2.51. The number of aromatic nitrogens is 1. The minimum atomic E-state index is 0.162. The Morgan fingerprint density at radius 3 is 2.94 bits per heavy atom. The van der Waals surface area contributed by atoms with Crippen molar-refractivity contribution in [2.75, 3.05) is 20.3 Å². The Kier molecular flexibility index (Phi) is 5.32. The van der Waals surface area contributed by atoms with Gasteiger partial charge in [0.2, 0.25) is 0 Å². The van der Waals surface area contributed by atoms with Crippen molar-refractivity contribution in [3.8, 4) is 0 Å². The maximum absolute atomic E-state index is 5.09. The molecule has 0 aliphatic rings. The largest absolute Gasteiger partial charge is 0.383 e. The zero-order valence-corrected chi connectivity index (χ0v) is 13.5. The van der Waals surface area contributed by atoms with E-state index in [4.69, 9.17) is 4.74 Å². The number of methoxy groups -OCH3 is 1. The van der Waals surface area contributed by atoms with E-state index in [9.17, 15) is 0 Å². The predicted octanol–water partition coefficient (Wildman–Crippen LogP) is 3.60. The van der Waals surface area contributed by atoms with Gasteiger partial charge in [0.1, 0.15) is 5.01 Å². The summed E-state index contributed by atoms with van der Waals surface area (Å²) < 4.78 is 6.25. The van der Waals surface area contributed by atoms with Crippen molar-refractivity contribution in [3.05, 3.63) is 36.9 Å². The number of thiazole rings is 1. The topological polar surface area (TPSA) is 34.1 Å². The first-order chi connectivity index (χ1) is 8.72. The van der Waals surface area contributed by atoms with Crippen LogP contribution in [0.5, 0.6) is 0 Å². The van der Waals surface area contributed by atoms with Gasteiger partial charge in [-0.05, 0) is 28.9 Å². The second-order valence-corrected chi connectivity index (χ2v) is 6.87. The van der Waals surface area contributed by atoms with Crippen LogP contribution in [0.1, 0.15) is 20.8 Å². The highest BCUT2D eigenvalue weighted by atomic mass is 79.9. The lowest BCUT2D eigenvalue weighted by Crippen LogP contribution is -2.25. The highest BCUT2D eigenvalue weighted by Gasteiger charge is 2.19. The third-order valence-corrected chi connectivity index (χ3v) is 5.56. The Labute approximate surface area is 123 Å². The standard InChI is InChI=1S/C12H15BrN2OS2/c1-8-9(13)7-10(18-8)11(14-3-5-16-2)12-15-4-6-17-12/h4,6-7,11,14H,3,5H2,1-2H3. The lowest BCUT2D eigenvalue weighted by atomic mass is 10.2. The van der Waals surface area contributed by atoms with Gasteiger partial charge in [0.05, 0.1) is 12.6 Å². The molecular formula is C12H15BrN2OS2. The van der Waals surface area contributed by atoms with Gasteiger partial charge in [-0.2, -0.15) is 0 Å². The molecule has 0 spiro atoms. The van der Waals surface area contributed by atoms with Crippen molar-refractivity contribution in [2.45, 2.75) is 13.0 Å². The van der Waals surface area contributed by atoms with Crippen molar-refractivity contribution in [3.63, 3.8) is 0 Å². The molecule has 1 atom stereocenters. The molecule has 1 unspecified atom stereocenters. The van der Waals surface area contributed by atoms with Crippen LogP contribution >= 0.6 is 38.6 Å². The van der Waals surface area contributed by atoms with E-state index in [1.54, 1.807) is 29.8 Å². The maximum atomic E-state index is 5.09. The van der Waals surface area contributed by atoms with Crippen LogP contribution in [0.2, 0.25) is 0 Å². The quantitative estimate of drug-likeness (QED) is 0.811. The van der Waals surface area contributed by atoms with E-state index in [-0.39, 0.29) is 6.04 Å². The smallest absolute Gasteiger partial charge is 0.115 e. The highest BCUT2D eigenvalue weighted by Crippen LogP contribution is 2.34. The predicted molar refractivity (Wildman–Crippen MR) is 80.6 cm³/mol. The number of ether oxygens (including phenoxy) is 1. The molecule has 0 amide bonds. The number of thiophene rings is 1. The van der Waals surface area contributed by atoms with Crippen LogP contribution in [0.15, 0.2) is 22.1 Å². The van der Waals surface area contributed by atoms with E-state index < -0.39 is 0 Å². The van der Waals surface area contributed by atoms with Crippen molar-refractivity contribution >= 4 is 38.6 Å². The zero-order chi connectivity index (χ0) is 13.0. The number of nitrogens with zero attached hydrogens (tertiary/aromatic N) is 1. The van der Waals surface area contributed by atoms with Crippen molar-refractivity contribution in [1.29, 1.82) is 0 Å². The molecule has 2 heterocycles. The van der Waals surface area contributed by atoms with Gasteiger partial charge in [0, 0.05) is 39.5 Å². The summed E-state index contributed by atoms with van der Waals surface area (Å²) in [6, 6.07) is 2.33. The minimum absolute atomic E-state index is 0.162. The summed E-state index contributed by atoms with van der Waals surface area (Å²) in [6.07, 6.45) is 1.85. The first kappa shape index (κ1) is 14.1. The summed E-state index contributed by atoms with van der Waals surface area (Å²) in [5.74, 6) is 0. The SMILES string of the molecule is COCCNC(c1cc(Br)c(C)s1)c1nccs1. The van der Waals surface area contributed by atoms with E-state index in [0.717, 1.165) is 16.0 Å². The van der Waals surface area contributed by atoms with Crippen LogP contribution in [0.25, 0.3) is 0 Å². The molecule has 0 aliphatic heterocycles. The van der Waals surface area contributed by atoms with Crippen molar-refractivity contribution in [2.24, 2.45) is 0 Å². The number of aryl methyl sites for hydroxylation is 1. The van der Waals surface area contributed by atoms with Gasteiger partial charge in [-0.15, -0.1) is 22.7 Å². The van der Waals surface area contributed by atoms with E-state index in [1.165, 1.54) is 9.75 Å². The molecule has 2 aromatic rings. The number of hydrogen-bond donors (Lipinski definition) is 1. The number of hydrogen-bond acceptors (Lipinski definition) is 5. The molecular weight excluding hydrogens is 332 g/mol. The summed E-state index contributed by atoms with van der Waals surface area (Å²) in [4.78, 5) is 6.99. The van der Waals surface area contributed by atoms with Gasteiger partial charge in [-0.3, -0.25) is 0 Å². The Balaban J connectivity index is 2.19. The van der Waals surface area contributed by atoms with Crippen LogP contribution < -0.4 is 5.32 Å². The summed E-state index contributed by atoms with van der Waals surface area (Å²) in [6.45, 7) is 3.63. The molecule has 2 aromatic heterocycles. The molecule has 6 heteroatoms. The fourth-order valence-electron chi connectivity index (χ4n) is 1.62. The molecule has 3 nitrogen and oxygen atoms in total. The number of rotatable bonds is 6. The van der Waals surface area contributed by atoms with Crippen molar-refractivity contribution < 1.29 is 4.74 Å². The minimum Gasteiger partial charge on any atom is -0.383 e. The highest BCUT2D eigenvalue weighted by molar-refractivity contribution is 9.10. The molecule has 0 fully saturated rings. The molecule has 98 valence electrons. The van der Waals surface area contributed by atoms with Gasteiger partial charge in [0.25, 0.3) is 0 Å². The Hall–Kier alpha value is -0.270. The fourth-order valence-corrected chi connectivity index (χ4v) is 4.06. The number of halogens is 1. The molecule has 0 aliphatic carbocycles. The average molecular weight is 347 g/mol. The van der Waals surface area contributed by atoms with Crippen LogP contribution in [0.3, 0.4) is 0 Å². The van der Waals surface area contributed by atoms with E-state index in [2.05, 4.69) is 39.2 Å². The van der Waals surface area contributed by atoms with E-state index >= 15 is 0 Å². The first-order valence-corrected chi connectivity index (χ1v) is 8.09. The molecule has 1 N–H and O–H groups in total. The van der Waals surface area contributed by atoms with Crippen LogP contribution in [0, 0.1) is 6.92 Å². The second-order valence-electron chi connectivity index (χ2n) is 3.80. The first-order valence-electron chi connectivity index (χ1n) is 5.60. The van der Waals surface area contributed by atoms with Gasteiger partial charge < -0.3 is 10.1 Å². The number of nitrogens with one attached hydrogen (secondary N) is 1. The summed E-state index contributed by atoms with van der Waals surface area (Å²) in [5, 5.41) is 6.60. The van der Waals surface area contributed by atoms with Gasteiger partial charge in [-0.25, -0.2) is 4.98 Å². The van der Waals surface area contributed by atoms with Gasteiger partial charge >= 0.3 is 0 Å². The Bertz CT molecular complexity index is 465. The molecule has 2 rings (SSSR count). The van der Waals surface area contributed by atoms with Gasteiger partial charge in [0.15, 0.2) is 0 Å². The average Bonchev–Trinajstić information content (AvgIpc) is 2.96. The molecule has 0 bridgehead atoms. The lowest BCUT2D eigenvalue weighted by molar-refractivity contribution is 0.197. The lowest BCUT2D eigenvalue weighted by Gasteiger charge is -2.14. The monoisotopic (exact) mass is 346 g/mol. The van der Waals surface area contributed by atoms with Crippen LogP contribution in [0.4, 0.5) is 0 Å². The van der Waals surface area contributed by atoms with Gasteiger partial charge in [-0.1, -0.05) is 0 Å². The summed E-state index contributed by atoms with van der Waals surface area (Å²) in [7, 11) is 1.71.